The van der Waals surface area contributed by atoms with E-state index in [1.165, 1.54) is 20.8 Å². The summed E-state index contributed by atoms with van der Waals surface area (Å²) < 4.78 is 173. The third-order valence-corrected chi connectivity index (χ3v) is 14.9. The molecular formula is C26H26ClF7N2O7S3. The Hall–Kier alpha value is -2.90. The molecule has 0 bridgehead atoms. The molecule has 1 atom stereocenters. The Balaban J connectivity index is 2.23. The second-order valence-electron chi connectivity index (χ2n) is 10.2. The first-order chi connectivity index (χ1) is 20.8. The zero-order valence-electron chi connectivity index (χ0n) is 24.5. The molecule has 0 aliphatic heterocycles. The van der Waals surface area contributed by atoms with Crippen LogP contribution in [0.5, 0.6) is 5.75 Å². The van der Waals surface area contributed by atoms with E-state index in [1.54, 1.807) is 0 Å². The van der Waals surface area contributed by atoms with Crippen LogP contribution in [0.3, 0.4) is 0 Å². The maximum Gasteiger partial charge on any atom is 0.534 e. The summed E-state index contributed by atoms with van der Waals surface area (Å²) >= 11 is 5.99. The maximum absolute atomic E-state index is 15.7. The number of halogens is 8. The highest BCUT2D eigenvalue weighted by Crippen LogP contribution is 2.43. The van der Waals surface area contributed by atoms with E-state index in [-0.39, 0.29) is 22.4 Å². The fraction of sp³-hybridized carbons (Fsp3) is 0.423. The molecule has 2 aromatic carbocycles. The SMILES string of the molecule is CCS(=O)(=O)C(C)(C(C)c1ccc(-n2nc(C(F)(F)F)cc2-c2cc(C)c(OS(=O)(=O)C(F)(F)F)c(Cl)c2)cc1F)S(=O)(=O)CC. The van der Waals surface area contributed by atoms with Gasteiger partial charge in [-0.25, -0.2) is 25.9 Å². The number of benzene rings is 2. The molecule has 3 rings (SSSR count). The Morgan fingerprint density at radius 1 is 0.913 bits per heavy atom. The van der Waals surface area contributed by atoms with Gasteiger partial charge in [0.2, 0.25) is 0 Å². The van der Waals surface area contributed by atoms with Crippen molar-refractivity contribution in [3.63, 3.8) is 0 Å². The van der Waals surface area contributed by atoms with Crippen LogP contribution in [-0.2, 0) is 36.0 Å². The summed E-state index contributed by atoms with van der Waals surface area (Å²) in [4.78, 5) is 0. The molecule has 0 fully saturated rings. The van der Waals surface area contributed by atoms with Crippen molar-refractivity contribution in [2.45, 2.75) is 56.3 Å². The third kappa shape index (κ3) is 6.60. The normalized spacial score (nSPS) is 14.4. The van der Waals surface area contributed by atoms with Crippen LogP contribution in [0.25, 0.3) is 16.9 Å². The molecule has 20 heteroatoms. The molecule has 0 amide bonds. The first kappa shape index (κ1) is 37.6. The Kier molecular flexibility index (Phi) is 10.0. The average molecular weight is 743 g/mol. The lowest BCUT2D eigenvalue weighted by Gasteiger charge is -2.34. The van der Waals surface area contributed by atoms with Crippen molar-refractivity contribution in [3.8, 4) is 22.7 Å². The quantitative estimate of drug-likeness (QED) is 0.130. The predicted molar refractivity (Wildman–Crippen MR) is 155 cm³/mol. The summed E-state index contributed by atoms with van der Waals surface area (Å²) in [5, 5.41) is 2.76. The van der Waals surface area contributed by atoms with Crippen LogP contribution in [0, 0.1) is 12.7 Å². The average Bonchev–Trinajstić information content (AvgIpc) is 3.39. The molecule has 0 spiro atoms. The van der Waals surface area contributed by atoms with Gasteiger partial charge in [0, 0.05) is 23.0 Å². The summed E-state index contributed by atoms with van der Waals surface area (Å²) in [5.41, 5.74) is -9.01. The van der Waals surface area contributed by atoms with Gasteiger partial charge in [-0.2, -0.15) is 39.9 Å². The van der Waals surface area contributed by atoms with E-state index in [2.05, 4.69) is 9.28 Å². The summed E-state index contributed by atoms with van der Waals surface area (Å²) in [6, 6.07) is 5.05. The van der Waals surface area contributed by atoms with Crippen LogP contribution in [0.15, 0.2) is 36.4 Å². The van der Waals surface area contributed by atoms with Gasteiger partial charge >= 0.3 is 21.8 Å². The van der Waals surface area contributed by atoms with E-state index in [0.717, 1.165) is 38.1 Å². The molecule has 0 aliphatic carbocycles. The molecule has 3 aromatic rings. The number of hydrogen-bond donors (Lipinski definition) is 0. The van der Waals surface area contributed by atoms with Crippen molar-refractivity contribution in [1.29, 1.82) is 0 Å². The lowest BCUT2D eigenvalue weighted by molar-refractivity contribution is -0.141. The lowest BCUT2D eigenvalue weighted by Crippen LogP contribution is -2.49. The molecule has 0 aliphatic rings. The number of aryl methyl sites for hydroxylation is 1. The van der Waals surface area contributed by atoms with Gasteiger partial charge in [-0.05, 0) is 55.3 Å². The Bertz CT molecular complexity index is 1930. The van der Waals surface area contributed by atoms with Gasteiger partial charge in [-0.1, -0.05) is 38.4 Å². The highest BCUT2D eigenvalue weighted by atomic mass is 35.5. The second-order valence-corrected chi connectivity index (χ2v) is 17.7. The van der Waals surface area contributed by atoms with E-state index < -0.39 is 91.0 Å². The fourth-order valence-corrected chi connectivity index (χ4v) is 10.3. The second kappa shape index (κ2) is 12.3. The monoisotopic (exact) mass is 742 g/mol. The molecule has 0 saturated carbocycles. The van der Waals surface area contributed by atoms with Crippen LogP contribution in [0.4, 0.5) is 30.7 Å². The molecule has 0 N–H and O–H groups in total. The minimum atomic E-state index is -6.16. The van der Waals surface area contributed by atoms with Crippen LogP contribution in [0.1, 0.15) is 50.4 Å². The fourth-order valence-electron chi connectivity index (χ4n) is 4.65. The number of rotatable bonds is 10. The summed E-state index contributed by atoms with van der Waals surface area (Å²) in [6.45, 7) is 5.68. The van der Waals surface area contributed by atoms with Crippen LogP contribution < -0.4 is 4.18 Å². The Labute approximate surface area is 265 Å². The van der Waals surface area contributed by atoms with Crippen molar-refractivity contribution in [2.24, 2.45) is 0 Å². The predicted octanol–water partition coefficient (Wildman–Crippen LogP) is 6.58. The van der Waals surface area contributed by atoms with Crippen LogP contribution in [0.2, 0.25) is 5.02 Å². The number of hydrogen-bond acceptors (Lipinski definition) is 8. The standard InChI is InChI=1S/C26H26ClF7N2O7S3/c1-6-44(37,38)24(5,45(39,40)7-2)15(4)18-9-8-17(12-20(18)28)36-21(13-22(35-36)25(29,30)31)16-10-14(3)23(19(27)11-16)43-46(41,42)26(32,33)34/h8-13,15H,6-7H2,1-5H3. The molecule has 0 radical (unpaired) electrons. The zero-order valence-corrected chi connectivity index (χ0v) is 27.7. The highest BCUT2D eigenvalue weighted by Gasteiger charge is 2.54. The summed E-state index contributed by atoms with van der Waals surface area (Å²) in [7, 11) is -14.9. The van der Waals surface area contributed by atoms with Crippen molar-refractivity contribution in [1.82, 2.24) is 9.78 Å². The minimum absolute atomic E-state index is 0.226. The number of alkyl halides is 6. The highest BCUT2D eigenvalue weighted by molar-refractivity contribution is 8.10. The van der Waals surface area contributed by atoms with Gasteiger partial charge in [0.25, 0.3) is 0 Å². The van der Waals surface area contributed by atoms with Gasteiger partial charge in [-0.3, -0.25) is 0 Å². The van der Waals surface area contributed by atoms with Crippen molar-refractivity contribution < 1.29 is 60.2 Å². The third-order valence-electron chi connectivity index (χ3n) is 7.48. The Morgan fingerprint density at radius 3 is 1.89 bits per heavy atom. The topological polar surface area (TPSA) is 129 Å². The van der Waals surface area contributed by atoms with E-state index in [4.69, 9.17) is 11.6 Å². The van der Waals surface area contributed by atoms with E-state index in [0.29, 0.717) is 16.8 Å². The van der Waals surface area contributed by atoms with E-state index in [1.807, 2.05) is 0 Å². The number of nitrogens with zero attached hydrogens (tertiary/aromatic N) is 2. The Morgan fingerprint density at radius 2 is 1.46 bits per heavy atom. The minimum Gasteiger partial charge on any atom is -0.374 e. The summed E-state index contributed by atoms with van der Waals surface area (Å²) in [6.07, 6.45) is -5.04. The van der Waals surface area contributed by atoms with Gasteiger partial charge < -0.3 is 4.18 Å². The van der Waals surface area contributed by atoms with Crippen molar-refractivity contribution in [2.75, 3.05) is 11.5 Å². The number of sulfone groups is 2. The van der Waals surface area contributed by atoms with E-state index in [9.17, 15) is 51.6 Å². The first-order valence-electron chi connectivity index (χ1n) is 13.0. The molecular weight excluding hydrogens is 717 g/mol. The molecule has 1 unspecified atom stereocenters. The zero-order chi connectivity index (χ0) is 35.4. The summed E-state index contributed by atoms with van der Waals surface area (Å²) in [5.74, 6) is -4.78. The van der Waals surface area contributed by atoms with Crippen LogP contribution >= 0.6 is 11.6 Å². The first-order valence-corrected chi connectivity index (χ1v) is 18.1. The lowest BCUT2D eigenvalue weighted by atomic mass is 9.96. The smallest absolute Gasteiger partial charge is 0.374 e. The molecule has 1 heterocycles. The van der Waals surface area contributed by atoms with Gasteiger partial charge in [0.1, 0.15) is 5.82 Å². The van der Waals surface area contributed by atoms with Crippen LogP contribution in [-0.4, -0.2) is 56.1 Å². The van der Waals surface area contributed by atoms with Crippen molar-refractivity contribution in [3.05, 3.63) is 64.1 Å². The van der Waals surface area contributed by atoms with E-state index >= 15 is 4.39 Å². The molecule has 46 heavy (non-hydrogen) atoms. The van der Waals surface area contributed by atoms with Crippen molar-refractivity contribution >= 4 is 41.4 Å². The molecule has 1 aromatic heterocycles. The van der Waals surface area contributed by atoms with Gasteiger partial charge in [0.15, 0.2) is 35.2 Å². The van der Waals surface area contributed by atoms with Gasteiger partial charge in [-0.15, -0.1) is 0 Å². The number of aromatic nitrogens is 2. The molecule has 0 saturated heterocycles. The largest absolute Gasteiger partial charge is 0.534 e. The van der Waals surface area contributed by atoms with Gasteiger partial charge in [0.05, 0.1) is 16.4 Å². The molecule has 9 nitrogen and oxygen atoms in total. The maximum atomic E-state index is 15.7. The molecule has 256 valence electrons.